The van der Waals surface area contributed by atoms with Crippen LogP contribution in [0.15, 0.2) is 55.1 Å². The number of aromatic nitrogens is 4. The minimum absolute atomic E-state index is 0.0264. The Kier molecular flexibility index (Phi) is 5.81. The van der Waals surface area contributed by atoms with Crippen LogP contribution in [0.2, 0.25) is 0 Å². The van der Waals surface area contributed by atoms with Crippen molar-refractivity contribution in [2.24, 2.45) is 0 Å². The Hall–Kier alpha value is -3.26. The van der Waals surface area contributed by atoms with Crippen molar-refractivity contribution in [2.75, 3.05) is 37.7 Å². The predicted molar refractivity (Wildman–Crippen MR) is 109 cm³/mol. The maximum atomic E-state index is 12.4. The van der Waals surface area contributed by atoms with Gasteiger partial charge in [-0.3, -0.25) is 9.36 Å². The van der Waals surface area contributed by atoms with E-state index in [1.54, 1.807) is 12.5 Å². The molecule has 1 fully saturated rings. The van der Waals surface area contributed by atoms with Crippen LogP contribution in [0, 0.1) is 6.92 Å². The topological polar surface area (TPSA) is 76.4 Å². The third kappa shape index (κ3) is 4.78. The number of carbonyl (C=O) groups excluding carboxylic acids is 1. The summed E-state index contributed by atoms with van der Waals surface area (Å²) < 4.78 is 7.45. The number of hydrogen-bond acceptors (Lipinski definition) is 6. The molecular formula is C21H24N6O2. The lowest BCUT2D eigenvalue weighted by molar-refractivity contribution is -0.136. The molecule has 0 unspecified atom stereocenters. The normalized spacial score (nSPS) is 14.2. The van der Waals surface area contributed by atoms with Crippen LogP contribution in [0.3, 0.4) is 0 Å². The number of carbonyl (C=O) groups is 1. The molecule has 150 valence electrons. The number of benzene rings is 1. The van der Waals surface area contributed by atoms with Crippen molar-refractivity contribution in [3.8, 4) is 5.82 Å². The molecule has 1 aliphatic heterocycles. The zero-order valence-electron chi connectivity index (χ0n) is 16.4. The summed E-state index contributed by atoms with van der Waals surface area (Å²) >= 11 is 0. The molecule has 0 spiro atoms. The molecular weight excluding hydrogens is 368 g/mol. The van der Waals surface area contributed by atoms with Crippen molar-refractivity contribution in [3.05, 3.63) is 66.5 Å². The van der Waals surface area contributed by atoms with Crippen LogP contribution in [0.25, 0.3) is 5.82 Å². The summed E-state index contributed by atoms with van der Waals surface area (Å²) in [6, 6.07) is 11.8. The Morgan fingerprint density at radius 3 is 2.55 bits per heavy atom. The first-order valence-corrected chi connectivity index (χ1v) is 9.67. The van der Waals surface area contributed by atoms with Crippen molar-refractivity contribution in [1.82, 2.24) is 24.4 Å². The number of piperazine rings is 1. The fourth-order valence-electron chi connectivity index (χ4n) is 3.33. The molecule has 3 aromatic rings. The zero-order chi connectivity index (χ0) is 20.1. The molecule has 2 aromatic heterocycles. The number of rotatable bonds is 6. The minimum Gasteiger partial charge on any atom is -0.367 e. The van der Waals surface area contributed by atoms with Crippen molar-refractivity contribution in [3.63, 3.8) is 0 Å². The third-order valence-electron chi connectivity index (χ3n) is 4.87. The summed E-state index contributed by atoms with van der Waals surface area (Å²) in [4.78, 5) is 29.6. The van der Waals surface area contributed by atoms with Crippen LogP contribution in [0.5, 0.6) is 0 Å². The van der Waals surface area contributed by atoms with Crippen LogP contribution in [0.1, 0.15) is 11.4 Å². The van der Waals surface area contributed by atoms with E-state index in [0.29, 0.717) is 25.5 Å². The van der Waals surface area contributed by atoms with Gasteiger partial charge in [-0.2, -0.15) is 0 Å². The van der Waals surface area contributed by atoms with Crippen LogP contribution in [0.4, 0.5) is 5.82 Å². The quantitative estimate of drug-likeness (QED) is 0.637. The Morgan fingerprint density at radius 1 is 1.07 bits per heavy atom. The lowest BCUT2D eigenvalue weighted by Crippen LogP contribution is -2.50. The number of amides is 1. The van der Waals surface area contributed by atoms with Gasteiger partial charge in [0.05, 0.1) is 6.61 Å². The fourth-order valence-corrected chi connectivity index (χ4v) is 3.33. The lowest BCUT2D eigenvalue weighted by atomic mass is 10.2. The average Bonchev–Trinajstić information content (AvgIpc) is 3.29. The van der Waals surface area contributed by atoms with E-state index >= 15 is 0 Å². The molecule has 0 saturated carbocycles. The van der Waals surface area contributed by atoms with E-state index in [2.05, 4.69) is 19.9 Å². The van der Waals surface area contributed by atoms with Crippen LogP contribution in [-0.2, 0) is 16.1 Å². The lowest BCUT2D eigenvalue weighted by Gasteiger charge is -2.35. The van der Waals surface area contributed by atoms with Crippen molar-refractivity contribution in [2.45, 2.75) is 13.5 Å². The standard InChI is InChI=1S/C21H24N6O2/c1-17-23-19(13-20(24-17)27-8-7-22-16-27)25-9-11-26(12-10-25)21(28)15-29-14-18-5-3-2-4-6-18/h2-8,13,16H,9-12,14-15H2,1H3. The smallest absolute Gasteiger partial charge is 0.248 e. The second kappa shape index (κ2) is 8.83. The highest BCUT2D eigenvalue weighted by atomic mass is 16.5. The predicted octanol–water partition coefficient (Wildman–Crippen LogP) is 1.84. The first-order chi connectivity index (χ1) is 14.2. The fraction of sp³-hybridized carbons (Fsp3) is 0.333. The SMILES string of the molecule is Cc1nc(N2CCN(C(=O)COCc3ccccc3)CC2)cc(-n2ccnc2)n1. The largest absolute Gasteiger partial charge is 0.367 e. The molecule has 0 N–H and O–H groups in total. The Labute approximate surface area is 169 Å². The van der Waals surface area contributed by atoms with Gasteiger partial charge in [-0.1, -0.05) is 30.3 Å². The van der Waals surface area contributed by atoms with Crippen LogP contribution < -0.4 is 4.90 Å². The Morgan fingerprint density at radius 2 is 1.83 bits per heavy atom. The second-order valence-corrected chi connectivity index (χ2v) is 6.95. The van der Waals surface area contributed by atoms with Crippen molar-refractivity contribution >= 4 is 11.7 Å². The van der Waals surface area contributed by atoms with Gasteiger partial charge in [-0.15, -0.1) is 0 Å². The van der Waals surface area contributed by atoms with E-state index in [9.17, 15) is 4.79 Å². The highest BCUT2D eigenvalue weighted by molar-refractivity contribution is 5.77. The monoisotopic (exact) mass is 392 g/mol. The maximum Gasteiger partial charge on any atom is 0.248 e. The highest BCUT2D eigenvalue weighted by Gasteiger charge is 2.22. The van der Waals surface area contributed by atoms with E-state index in [1.165, 1.54) is 0 Å². The first kappa shape index (κ1) is 19.1. The van der Waals surface area contributed by atoms with E-state index in [1.807, 2.05) is 59.0 Å². The number of imidazole rings is 1. The van der Waals surface area contributed by atoms with Gasteiger partial charge in [-0.05, 0) is 12.5 Å². The summed E-state index contributed by atoms with van der Waals surface area (Å²) in [5.41, 5.74) is 1.07. The molecule has 8 nitrogen and oxygen atoms in total. The molecule has 0 bridgehead atoms. The van der Waals surface area contributed by atoms with Gasteiger partial charge in [0, 0.05) is 44.6 Å². The van der Waals surface area contributed by atoms with Gasteiger partial charge >= 0.3 is 0 Å². The van der Waals surface area contributed by atoms with E-state index < -0.39 is 0 Å². The average molecular weight is 392 g/mol. The molecule has 1 aliphatic rings. The molecule has 0 aliphatic carbocycles. The van der Waals surface area contributed by atoms with E-state index in [4.69, 9.17) is 4.74 Å². The summed E-state index contributed by atoms with van der Waals surface area (Å²) in [7, 11) is 0. The van der Waals surface area contributed by atoms with Gasteiger partial charge in [0.1, 0.15) is 30.4 Å². The molecule has 29 heavy (non-hydrogen) atoms. The van der Waals surface area contributed by atoms with Crippen molar-refractivity contribution in [1.29, 1.82) is 0 Å². The maximum absolute atomic E-state index is 12.4. The van der Waals surface area contributed by atoms with Crippen LogP contribution >= 0.6 is 0 Å². The van der Waals surface area contributed by atoms with Crippen molar-refractivity contribution < 1.29 is 9.53 Å². The summed E-state index contributed by atoms with van der Waals surface area (Å²) in [5.74, 6) is 2.39. The molecule has 1 saturated heterocycles. The van der Waals surface area contributed by atoms with E-state index in [-0.39, 0.29) is 12.5 Å². The van der Waals surface area contributed by atoms with Gasteiger partial charge in [0.25, 0.3) is 0 Å². The summed E-state index contributed by atoms with van der Waals surface area (Å²) in [6.07, 6.45) is 5.30. The molecule has 0 atom stereocenters. The first-order valence-electron chi connectivity index (χ1n) is 9.67. The van der Waals surface area contributed by atoms with E-state index in [0.717, 1.165) is 30.3 Å². The second-order valence-electron chi connectivity index (χ2n) is 6.95. The number of ether oxygens (including phenoxy) is 1. The summed E-state index contributed by atoms with van der Waals surface area (Å²) in [6.45, 7) is 5.19. The minimum atomic E-state index is 0.0264. The van der Waals surface area contributed by atoms with Crippen LogP contribution in [-0.4, -0.2) is 63.1 Å². The zero-order valence-corrected chi connectivity index (χ0v) is 16.4. The third-order valence-corrected chi connectivity index (χ3v) is 4.87. The van der Waals surface area contributed by atoms with Gasteiger partial charge in [0.15, 0.2) is 0 Å². The molecule has 3 heterocycles. The Balaban J connectivity index is 1.31. The number of aryl methyl sites for hydroxylation is 1. The van der Waals surface area contributed by atoms with Gasteiger partial charge in [0.2, 0.25) is 5.91 Å². The number of anilines is 1. The molecule has 8 heteroatoms. The molecule has 0 radical (unpaired) electrons. The molecule has 4 rings (SSSR count). The summed E-state index contributed by atoms with van der Waals surface area (Å²) in [5, 5.41) is 0. The number of nitrogens with zero attached hydrogens (tertiary/aromatic N) is 6. The molecule has 1 amide bonds. The number of hydrogen-bond donors (Lipinski definition) is 0. The molecule has 1 aromatic carbocycles. The Bertz CT molecular complexity index is 937. The highest BCUT2D eigenvalue weighted by Crippen LogP contribution is 2.17. The van der Waals surface area contributed by atoms with Gasteiger partial charge in [-0.25, -0.2) is 15.0 Å². The van der Waals surface area contributed by atoms with Gasteiger partial charge < -0.3 is 14.5 Å².